The summed E-state index contributed by atoms with van der Waals surface area (Å²) in [5.41, 5.74) is 1.15. The SMILES string of the molecule is CCn1cc(C=O)cc1C(C)=O. The van der Waals surface area contributed by atoms with Gasteiger partial charge >= 0.3 is 0 Å². The van der Waals surface area contributed by atoms with Gasteiger partial charge in [-0.25, -0.2) is 0 Å². The average molecular weight is 165 g/mol. The van der Waals surface area contributed by atoms with Crippen molar-refractivity contribution in [3.8, 4) is 0 Å². The van der Waals surface area contributed by atoms with Crippen molar-refractivity contribution in [3.05, 3.63) is 23.5 Å². The van der Waals surface area contributed by atoms with Gasteiger partial charge in [-0.05, 0) is 13.0 Å². The first kappa shape index (κ1) is 8.71. The van der Waals surface area contributed by atoms with E-state index in [1.165, 1.54) is 6.92 Å². The summed E-state index contributed by atoms with van der Waals surface area (Å²) < 4.78 is 1.77. The van der Waals surface area contributed by atoms with Gasteiger partial charge in [-0.15, -0.1) is 0 Å². The highest BCUT2D eigenvalue weighted by Crippen LogP contribution is 2.07. The Kier molecular flexibility index (Phi) is 2.43. The van der Waals surface area contributed by atoms with Gasteiger partial charge in [-0.2, -0.15) is 0 Å². The number of carbonyl (C=O) groups excluding carboxylic acids is 2. The lowest BCUT2D eigenvalue weighted by Gasteiger charge is -2.00. The van der Waals surface area contributed by atoms with Gasteiger partial charge < -0.3 is 4.57 Å². The molecule has 0 aromatic carbocycles. The molecule has 0 N–H and O–H groups in total. The van der Waals surface area contributed by atoms with E-state index in [1.807, 2.05) is 6.92 Å². The first-order valence-electron chi connectivity index (χ1n) is 3.85. The summed E-state index contributed by atoms with van der Waals surface area (Å²) in [5, 5.41) is 0. The molecule has 3 nitrogen and oxygen atoms in total. The van der Waals surface area contributed by atoms with E-state index in [0.29, 0.717) is 17.8 Å². The number of hydrogen-bond donors (Lipinski definition) is 0. The van der Waals surface area contributed by atoms with E-state index in [-0.39, 0.29) is 5.78 Å². The normalized spacial score (nSPS) is 9.83. The number of rotatable bonds is 3. The second-order valence-corrected chi connectivity index (χ2v) is 2.62. The van der Waals surface area contributed by atoms with Crippen LogP contribution < -0.4 is 0 Å². The molecule has 0 saturated carbocycles. The van der Waals surface area contributed by atoms with Crippen molar-refractivity contribution >= 4 is 12.1 Å². The Morgan fingerprint density at radius 2 is 2.33 bits per heavy atom. The van der Waals surface area contributed by atoms with Crippen molar-refractivity contribution in [2.75, 3.05) is 0 Å². The van der Waals surface area contributed by atoms with Crippen molar-refractivity contribution < 1.29 is 9.59 Å². The van der Waals surface area contributed by atoms with E-state index in [1.54, 1.807) is 16.8 Å². The maximum atomic E-state index is 11.0. The first-order valence-corrected chi connectivity index (χ1v) is 3.85. The fourth-order valence-corrected chi connectivity index (χ4v) is 1.16. The molecular formula is C9H11NO2. The van der Waals surface area contributed by atoms with E-state index in [4.69, 9.17) is 0 Å². The summed E-state index contributed by atoms with van der Waals surface area (Å²) in [4.78, 5) is 21.4. The highest BCUT2D eigenvalue weighted by atomic mass is 16.1. The van der Waals surface area contributed by atoms with Gasteiger partial charge in [0.2, 0.25) is 0 Å². The molecule has 0 aliphatic carbocycles. The van der Waals surface area contributed by atoms with Crippen molar-refractivity contribution in [2.45, 2.75) is 20.4 Å². The zero-order chi connectivity index (χ0) is 9.14. The van der Waals surface area contributed by atoms with Crippen LogP contribution in [0.5, 0.6) is 0 Å². The van der Waals surface area contributed by atoms with E-state index >= 15 is 0 Å². The van der Waals surface area contributed by atoms with E-state index in [0.717, 1.165) is 6.29 Å². The lowest BCUT2D eigenvalue weighted by Crippen LogP contribution is -2.02. The molecule has 1 rings (SSSR count). The highest BCUT2D eigenvalue weighted by molar-refractivity contribution is 5.94. The number of hydrogen-bond acceptors (Lipinski definition) is 2. The third-order valence-corrected chi connectivity index (χ3v) is 1.76. The Bertz CT molecular complexity index is 312. The monoisotopic (exact) mass is 165 g/mol. The van der Waals surface area contributed by atoms with Crippen LogP contribution >= 0.6 is 0 Å². The Labute approximate surface area is 71.0 Å². The van der Waals surface area contributed by atoms with Crippen molar-refractivity contribution in [1.82, 2.24) is 4.57 Å². The summed E-state index contributed by atoms with van der Waals surface area (Å²) in [6.45, 7) is 4.14. The van der Waals surface area contributed by atoms with Crippen LogP contribution in [-0.2, 0) is 6.54 Å². The van der Waals surface area contributed by atoms with Crippen LogP contribution in [-0.4, -0.2) is 16.6 Å². The third kappa shape index (κ3) is 1.44. The Morgan fingerprint density at radius 1 is 1.67 bits per heavy atom. The number of aromatic nitrogens is 1. The first-order chi connectivity index (χ1) is 5.69. The number of ketones is 1. The standard InChI is InChI=1S/C9H11NO2/c1-3-10-5-8(6-11)4-9(10)7(2)12/h4-6H,3H2,1-2H3. The fraction of sp³-hybridized carbons (Fsp3) is 0.333. The van der Waals surface area contributed by atoms with Crippen molar-refractivity contribution in [1.29, 1.82) is 0 Å². The van der Waals surface area contributed by atoms with E-state index in [2.05, 4.69) is 0 Å². The molecule has 12 heavy (non-hydrogen) atoms. The largest absolute Gasteiger partial charge is 0.345 e. The lowest BCUT2D eigenvalue weighted by molar-refractivity contribution is 0.100. The number of Topliss-reactive ketones (excluding diaryl/α,β-unsaturated/α-hetero) is 1. The van der Waals surface area contributed by atoms with Crippen molar-refractivity contribution in [3.63, 3.8) is 0 Å². The maximum Gasteiger partial charge on any atom is 0.176 e. The predicted octanol–water partition coefficient (Wildman–Crippen LogP) is 1.52. The molecule has 0 unspecified atom stereocenters. The zero-order valence-corrected chi connectivity index (χ0v) is 7.20. The second kappa shape index (κ2) is 3.34. The van der Waals surface area contributed by atoms with E-state index in [9.17, 15) is 9.59 Å². The van der Waals surface area contributed by atoms with Crippen LogP contribution in [0, 0.1) is 0 Å². The number of aldehydes is 1. The van der Waals surface area contributed by atoms with Crippen LogP contribution in [0.3, 0.4) is 0 Å². The molecule has 3 heteroatoms. The molecule has 0 radical (unpaired) electrons. The molecule has 0 atom stereocenters. The topological polar surface area (TPSA) is 39.1 Å². The summed E-state index contributed by atoms with van der Waals surface area (Å²) in [5.74, 6) is -0.00931. The summed E-state index contributed by atoms with van der Waals surface area (Å²) in [6, 6.07) is 1.61. The van der Waals surface area contributed by atoms with Gasteiger partial charge in [0.15, 0.2) is 12.1 Å². The van der Waals surface area contributed by atoms with Gasteiger partial charge in [0.25, 0.3) is 0 Å². The van der Waals surface area contributed by atoms with Crippen molar-refractivity contribution in [2.24, 2.45) is 0 Å². The molecule has 64 valence electrons. The zero-order valence-electron chi connectivity index (χ0n) is 7.20. The minimum absolute atomic E-state index is 0.00931. The van der Waals surface area contributed by atoms with Gasteiger partial charge in [0, 0.05) is 25.2 Å². The number of carbonyl (C=O) groups is 2. The average Bonchev–Trinajstić information content (AvgIpc) is 2.47. The maximum absolute atomic E-state index is 11.0. The van der Waals surface area contributed by atoms with Crippen LogP contribution in [0.15, 0.2) is 12.3 Å². The number of nitrogens with zero attached hydrogens (tertiary/aromatic N) is 1. The molecule has 0 aliphatic heterocycles. The minimum Gasteiger partial charge on any atom is -0.345 e. The van der Waals surface area contributed by atoms with Crippen LogP contribution in [0.2, 0.25) is 0 Å². The third-order valence-electron chi connectivity index (χ3n) is 1.76. The Morgan fingerprint density at radius 3 is 2.67 bits per heavy atom. The van der Waals surface area contributed by atoms with Crippen LogP contribution in [0.1, 0.15) is 34.7 Å². The van der Waals surface area contributed by atoms with E-state index < -0.39 is 0 Å². The quantitative estimate of drug-likeness (QED) is 0.503. The number of aryl methyl sites for hydroxylation is 1. The fourth-order valence-electron chi connectivity index (χ4n) is 1.16. The predicted molar refractivity (Wildman–Crippen MR) is 45.5 cm³/mol. The lowest BCUT2D eigenvalue weighted by atomic mass is 10.3. The molecule has 0 spiro atoms. The minimum atomic E-state index is -0.00931. The molecule has 0 fully saturated rings. The molecule has 0 aliphatic rings. The van der Waals surface area contributed by atoms with Gasteiger partial charge in [-0.3, -0.25) is 9.59 Å². The molecule has 0 amide bonds. The molecule has 0 bridgehead atoms. The summed E-state index contributed by atoms with van der Waals surface area (Å²) >= 11 is 0. The molecule has 1 aromatic heterocycles. The van der Waals surface area contributed by atoms with Gasteiger partial charge in [0.05, 0.1) is 5.69 Å². The Balaban J connectivity index is 3.16. The van der Waals surface area contributed by atoms with Crippen LogP contribution in [0.4, 0.5) is 0 Å². The summed E-state index contributed by atoms with van der Waals surface area (Å²) in [6.07, 6.45) is 2.43. The highest BCUT2D eigenvalue weighted by Gasteiger charge is 2.07. The summed E-state index contributed by atoms with van der Waals surface area (Å²) in [7, 11) is 0. The van der Waals surface area contributed by atoms with Crippen LogP contribution in [0.25, 0.3) is 0 Å². The molecule has 1 heterocycles. The second-order valence-electron chi connectivity index (χ2n) is 2.62. The molecular weight excluding hydrogens is 154 g/mol. The van der Waals surface area contributed by atoms with Gasteiger partial charge in [-0.1, -0.05) is 0 Å². The van der Waals surface area contributed by atoms with Gasteiger partial charge in [0.1, 0.15) is 0 Å². The molecule has 1 aromatic rings. The smallest absolute Gasteiger partial charge is 0.176 e. The Hall–Kier alpha value is -1.38. The molecule has 0 saturated heterocycles.